The monoisotopic (exact) mass is 508 g/mol. The van der Waals surface area contributed by atoms with E-state index in [0.717, 1.165) is 31.0 Å². The van der Waals surface area contributed by atoms with Gasteiger partial charge in [-0.3, -0.25) is 15.0 Å². The SMILES string of the molecule is CCOc1cc(/C=C2\SC(=S)N(NC(=O)C34CC5CC(CC(C5)C3)C4)C2=O)ccc1OC(F)F. The van der Waals surface area contributed by atoms with E-state index in [0.29, 0.717) is 28.2 Å². The predicted octanol–water partition coefficient (Wildman–Crippen LogP) is 5.14. The molecule has 0 atom stereocenters. The van der Waals surface area contributed by atoms with E-state index in [1.54, 1.807) is 19.1 Å². The lowest BCUT2D eigenvalue weighted by atomic mass is 9.49. The minimum absolute atomic E-state index is 0.0793. The summed E-state index contributed by atoms with van der Waals surface area (Å²) < 4.78 is 35.5. The molecule has 1 aromatic carbocycles. The number of halogens is 2. The highest BCUT2D eigenvalue weighted by Crippen LogP contribution is 2.60. The topological polar surface area (TPSA) is 67.9 Å². The minimum Gasteiger partial charge on any atom is -0.490 e. The summed E-state index contributed by atoms with van der Waals surface area (Å²) in [7, 11) is 0. The zero-order valence-electron chi connectivity index (χ0n) is 18.7. The first kappa shape index (κ1) is 23.5. The maximum absolute atomic E-state index is 13.4. The molecule has 1 heterocycles. The number of amides is 2. The Hall–Kier alpha value is -2.20. The third-order valence-corrected chi connectivity index (χ3v) is 8.61. The second kappa shape index (κ2) is 9.11. The van der Waals surface area contributed by atoms with E-state index in [1.807, 2.05) is 0 Å². The van der Waals surface area contributed by atoms with Crippen LogP contribution in [0.1, 0.15) is 51.0 Å². The Bertz CT molecular complexity index is 1030. The smallest absolute Gasteiger partial charge is 0.387 e. The van der Waals surface area contributed by atoms with Gasteiger partial charge in [0.15, 0.2) is 15.8 Å². The van der Waals surface area contributed by atoms with Crippen molar-refractivity contribution in [3.05, 3.63) is 28.7 Å². The highest BCUT2D eigenvalue weighted by atomic mass is 32.2. The van der Waals surface area contributed by atoms with Crippen molar-refractivity contribution in [3.8, 4) is 11.5 Å². The third-order valence-electron chi connectivity index (χ3n) is 7.31. The summed E-state index contributed by atoms with van der Waals surface area (Å²) in [5.74, 6) is 1.40. The molecule has 182 valence electrons. The van der Waals surface area contributed by atoms with Gasteiger partial charge in [0.2, 0.25) is 5.91 Å². The molecule has 1 aromatic rings. The fourth-order valence-electron chi connectivity index (χ4n) is 6.40. The lowest BCUT2D eigenvalue weighted by Gasteiger charge is -2.55. The summed E-state index contributed by atoms with van der Waals surface area (Å²) in [4.78, 5) is 26.8. The first-order valence-corrected chi connectivity index (χ1v) is 12.8. The molecule has 0 radical (unpaired) electrons. The summed E-state index contributed by atoms with van der Waals surface area (Å²) in [5, 5.41) is 1.17. The maximum atomic E-state index is 13.4. The highest BCUT2D eigenvalue weighted by Gasteiger charge is 2.55. The summed E-state index contributed by atoms with van der Waals surface area (Å²) in [5.41, 5.74) is 3.00. The molecule has 1 saturated heterocycles. The Balaban J connectivity index is 1.31. The van der Waals surface area contributed by atoms with Crippen LogP contribution in [0.4, 0.5) is 8.78 Å². The summed E-state index contributed by atoms with van der Waals surface area (Å²) >= 11 is 6.48. The van der Waals surface area contributed by atoms with Gasteiger partial charge in [-0.1, -0.05) is 17.8 Å². The van der Waals surface area contributed by atoms with E-state index in [1.165, 1.54) is 36.4 Å². The van der Waals surface area contributed by atoms with Gasteiger partial charge < -0.3 is 9.47 Å². The molecular formula is C24H26F2N2O4S2. The number of hydrogen-bond donors (Lipinski definition) is 1. The third kappa shape index (κ3) is 4.42. The number of carbonyl (C=O) groups is 2. The van der Waals surface area contributed by atoms with E-state index in [9.17, 15) is 18.4 Å². The van der Waals surface area contributed by atoms with Crippen LogP contribution in [-0.4, -0.2) is 34.4 Å². The van der Waals surface area contributed by atoms with Crippen LogP contribution in [0, 0.1) is 23.2 Å². The summed E-state index contributed by atoms with van der Waals surface area (Å²) in [6.45, 7) is -0.975. The van der Waals surface area contributed by atoms with Crippen LogP contribution in [0.3, 0.4) is 0 Å². The molecule has 2 amide bonds. The molecular weight excluding hydrogens is 482 g/mol. The van der Waals surface area contributed by atoms with E-state index >= 15 is 0 Å². The molecule has 5 fully saturated rings. The second-order valence-corrected chi connectivity index (χ2v) is 11.3. The number of ether oxygens (including phenoxy) is 2. The van der Waals surface area contributed by atoms with E-state index in [-0.39, 0.29) is 28.3 Å². The van der Waals surface area contributed by atoms with E-state index in [2.05, 4.69) is 10.2 Å². The quantitative estimate of drug-likeness (QED) is 0.407. The van der Waals surface area contributed by atoms with Crippen molar-refractivity contribution in [2.75, 3.05) is 6.61 Å². The number of rotatable bonds is 7. The molecule has 4 aliphatic carbocycles. The van der Waals surface area contributed by atoms with Crippen molar-refractivity contribution >= 4 is 46.2 Å². The van der Waals surface area contributed by atoms with Gasteiger partial charge in [0.25, 0.3) is 5.91 Å². The predicted molar refractivity (Wildman–Crippen MR) is 128 cm³/mol. The molecule has 4 bridgehead atoms. The van der Waals surface area contributed by atoms with Crippen LogP contribution in [0.2, 0.25) is 0 Å². The number of carbonyl (C=O) groups excluding carboxylic acids is 2. The van der Waals surface area contributed by atoms with Crippen molar-refractivity contribution in [2.45, 2.75) is 52.1 Å². The maximum Gasteiger partial charge on any atom is 0.387 e. The van der Waals surface area contributed by atoms with Crippen molar-refractivity contribution in [1.82, 2.24) is 10.4 Å². The molecule has 6 rings (SSSR count). The van der Waals surface area contributed by atoms with Gasteiger partial charge in [0, 0.05) is 0 Å². The molecule has 0 aromatic heterocycles. The average Bonchev–Trinajstić information content (AvgIpc) is 3.02. The van der Waals surface area contributed by atoms with Gasteiger partial charge in [-0.2, -0.15) is 13.8 Å². The fourth-order valence-corrected chi connectivity index (χ4v) is 7.58. The molecule has 10 heteroatoms. The lowest BCUT2D eigenvalue weighted by Crippen LogP contribution is -2.57. The molecule has 6 nitrogen and oxygen atoms in total. The van der Waals surface area contributed by atoms with Gasteiger partial charge in [-0.15, -0.1) is 0 Å². The Morgan fingerprint density at radius 2 is 1.88 bits per heavy atom. The number of alkyl halides is 2. The van der Waals surface area contributed by atoms with Crippen molar-refractivity contribution in [2.24, 2.45) is 23.2 Å². The number of nitrogens with one attached hydrogen (secondary N) is 1. The highest BCUT2D eigenvalue weighted by molar-refractivity contribution is 8.26. The van der Waals surface area contributed by atoms with Crippen LogP contribution in [0.5, 0.6) is 11.5 Å². The zero-order chi connectivity index (χ0) is 24.0. The van der Waals surface area contributed by atoms with E-state index < -0.39 is 17.9 Å². The van der Waals surface area contributed by atoms with Crippen LogP contribution in [0.15, 0.2) is 23.1 Å². The first-order chi connectivity index (χ1) is 16.3. The normalized spacial score (nSPS) is 31.0. The molecule has 1 N–H and O–H groups in total. The molecule has 0 spiro atoms. The van der Waals surface area contributed by atoms with Crippen LogP contribution < -0.4 is 14.9 Å². The summed E-state index contributed by atoms with van der Waals surface area (Å²) in [6, 6.07) is 4.46. The Kier molecular flexibility index (Phi) is 6.31. The van der Waals surface area contributed by atoms with Gasteiger partial charge in [0.05, 0.1) is 16.9 Å². The number of hydrogen-bond acceptors (Lipinski definition) is 6. The molecule has 4 saturated carbocycles. The largest absolute Gasteiger partial charge is 0.490 e. The second-order valence-electron chi connectivity index (χ2n) is 9.67. The number of thiocarbonyl (C=S) groups is 1. The number of nitrogens with zero attached hydrogens (tertiary/aromatic N) is 1. The number of benzene rings is 1. The minimum atomic E-state index is -2.97. The van der Waals surface area contributed by atoms with E-state index in [4.69, 9.17) is 17.0 Å². The van der Waals surface area contributed by atoms with Crippen LogP contribution in [-0.2, 0) is 9.59 Å². The Morgan fingerprint density at radius 1 is 1.24 bits per heavy atom. The summed E-state index contributed by atoms with van der Waals surface area (Å²) in [6.07, 6.45) is 7.95. The van der Waals surface area contributed by atoms with Crippen LogP contribution in [0.25, 0.3) is 6.08 Å². The average molecular weight is 509 g/mol. The van der Waals surface area contributed by atoms with Crippen molar-refractivity contribution in [3.63, 3.8) is 0 Å². The lowest BCUT2D eigenvalue weighted by molar-refractivity contribution is -0.152. The van der Waals surface area contributed by atoms with Crippen molar-refractivity contribution < 1.29 is 27.8 Å². The standard InChI is InChI=1S/C24H26F2N2O4S2/c1-2-31-18-8-13(3-4-17(18)32-22(25)26)9-19-20(29)28(23(33)34-19)27-21(30)24-10-14-5-15(11-24)7-16(6-14)12-24/h3-4,8-9,14-16,22H,2,5-7,10-12H2,1H3,(H,27,30)/b19-9-. The Labute approximate surface area is 206 Å². The molecule has 34 heavy (non-hydrogen) atoms. The van der Waals surface area contributed by atoms with Gasteiger partial charge >= 0.3 is 6.61 Å². The fraction of sp³-hybridized carbons (Fsp3) is 0.542. The molecule has 0 unspecified atom stereocenters. The van der Waals surface area contributed by atoms with Crippen LogP contribution >= 0.6 is 24.0 Å². The van der Waals surface area contributed by atoms with Crippen molar-refractivity contribution in [1.29, 1.82) is 0 Å². The van der Waals surface area contributed by atoms with Gasteiger partial charge in [-0.05, 0) is 99.2 Å². The molecule has 5 aliphatic rings. The molecule has 1 aliphatic heterocycles. The number of thioether (sulfide) groups is 1. The Morgan fingerprint density at radius 3 is 2.47 bits per heavy atom. The van der Waals surface area contributed by atoms with Gasteiger partial charge in [0.1, 0.15) is 0 Å². The zero-order valence-corrected chi connectivity index (χ0v) is 20.4. The number of hydrazine groups is 1. The van der Waals surface area contributed by atoms with Gasteiger partial charge in [-0.25, -0.2) is 0 Å². The first-order valence-electron chi connectivity index (χ1n) is 11.6.